The molecule has 0 aromatic heterocycles. The van der Waals surface area contributed by atoms with Crippen LogP contribution < -0.4 is 5.32 Å². The number of amides is 1. The Balaban J connectivity index is 2.01. The molecule has 0 radical (unpaired) electrons. The summed E-state index contributed by atoms with van der Waals surface area (Å²) in [5, 5.41) is 12.3. The lowest BCUT2D eigenvalue weighted by Gasteiger charge is -2.32. The maximum Gasteiger partial charge on any atom is 0.326 e. The van der Waals surface area contributed by atoms with Gasteiger partial charge in [-0.2, -0.15) is 0 Å². The number of piperidine rings is 1. The van der Waals surface area contributed by atoms with Gasteiger partial charge in [0.05, 0.1) is 6.04 Å². The maximum absolute atomic E-state index is 12.3. The SMILES string of the molecule is CC1CCNC(C(=O)N2CCCC2C(=O)O)C1. The third-order valence-corrected chi connectivity index (χ3v) is 3.78. The minimum absolute atomic E-state index is 0.0264. The third kappa shape index (κ3) is 2.60. The lowest BCUT2D eigenvalue weighted by atomic mass is 9.93. The number of carbonyl (C=O) groups excluding carboxylic acids is 1. The van der Waals surface area contributed by atoms with Crippen LogP contribution in [0.15, 0.2) is 0 Å². The van der Waals surface area contributed by atoms with Gasteiger partial charge in [0.2, 0.25) is 5.91 Å². The molecule has 2 N–H and O–H groups in total. The van der Waals surface area contributed by atoms with Crippen LogP contribution in [0.5, 0.6) is 0 Å². The van der Waals surface area contributed by atoms with Crippen molar-refractivity contribution in [1.82, 2.24) is 10.2 Å². The highest BCUT2D eigenvalue weighted by atomic mass is 16.4. The molecule has 0 saturated carbocycles. The summed E-state index contributed by atoms with van der Waals surface area (Å²) in [4.78, 5) is 24.8. The number of hydrogen-bond donors (Lipinski definition) is 2. The molecular weight excluding hydrogens is 220 g/mol. The molecule has 2 rings (SSSR count). The summed E-state index contributed by atoms with van der Waals surface area (Å²) in [7, 11) is 0. The van der Waals surface area contributed by atoms with Crippen molar-refractivity contribution in [3.05, 3.63) is 0 Å². The van der Waals surface area contributed by atoms with Crippen LogP contribution in [0.2, 0.25) is 0 Å². The Hall–Kier alpha value is -1.10. The molecule has 2 fully saturated rings. The summed E-state index contributed by atoms with van der Waals surface area (Å²) < 4.78 is 0. The van der Waals surface area contributed by atoms with Gasteiger partial charge >= 0.3 is 5.97 Å². The number of rotatable bonds is 2. The monoisotopic (exact) mass is 240 g/mol. The number of nitrogens with zero attached hydrogens (tertiary/aromatic N) is 1. The number of hydrogen-bond acceptors (Lipinski definition) is 3. The molecule has 17 heavy (non-hydrogen) atoms. The number of carbonyl (C=O) groups is 2. The van der Waals surface area contributed by atoms with Crippen molar-refractivity contribution < 1.29 is 14.7 Å². The van der Waals surface area contributed by atoms with Crippen LogP contribution in [-0.4, -0.2) is 47.1 Å². The van der Waals surface area contributed by atoms with Gasteiger partial charge in [0.15, 0.2) is 0 Å². The Morgan fingerprint density at radius 1 is 1.35 bits per heavy atom. The normalized spacial score (nSPS) is 33.7. The number of carboxylic acid groups (broad SMARTS) is 1. The van der Waals surface area contributed by atoms with E-state index in [1.807, 2.05) is 0 Å². The fraction of sp³-hybridized carbons (Fsp3) is 0.833. The molecule has 2 heterocycles. The van der Waals surface area contributed by atoms with Gasteiger partial charge in [-0.1, -0.05) is 6.92 Å². The van der Waals surface area contributed by atoms with Crippen LogP contribution in [0.4, 0.5) is 0 Å². The molecule has 0 spiro atoms. The molecule has 0 aromatic rings. The predicted molar refractivity (Wildman–Crippen MR) is 62.6 cm³/mol. The molecule has 5 nitrogen and oxygen atoms in total. The van der Waals surface area contributed by atoms with E-state index in [0.29, 0.717) is 18.9 Å². The summed E-state index contributed by atoms with van der Waals surface area (Å²) in [5.74, 6) is -0.364. The van der Waals surface area contributed by atoms with Gasteiger partial charge in [-0.05, 0) is 38.1 Å². The zero-order valence-corrected chi connectivity index (χ0v) is 10.2. The molecule has 0 aliphatic carbocycles. The Labute approximate surface area is 101 Å². The van der Waals surface area contributed by atoms with Crippen LogP contribution in [0.1, 0.15) is 32.6 Å². The maximum atomic E-state index is 12.3. The van der Waals surface area contributed by atoms with Gasteiger partial charge in [-0.3, -0.25) is 4.79 Å². The summed E-state index contributed by atoms with van der Waals surface area (Å²) in [6.45, 7) is 3.57. The minimum atomic E-state index is -0.875. The first kappa shape index (κ1) is 12.4. The Morgan fingerprint density at radius 3 is 2.76 bits per heavy atom. The van der Waals surface area contributed by atoms with E-state index >= 15 is 0 Å². The van der Waals surface area contributed by atoms with Crippen molar-refractivity contribution >= 4 is 11.9 Å². The Kier molecular flexibility index (Phi) is 3.66. The van der Waals surface area contributed by atoms with Gasteiger partial charge in [0, 0.05) is 6.54 Å². The Bertz CT molecular complexity index is 319. The van der Waals surface area contributed by atoms with Crippen LogP contribution >= 0.6 is 0 Å². The number of carboxylic acids is 1. The van der Waals surface area contributed by atoms with E-state index < -0.39 is 12.0 Å². The average Bonchev–Trinajstić information content (AvgIpc) is 2.77. The van der Waals surface area contributed by atoms with Crippen molar-refractivity contribution in [2.24, 2.45) is 5.92 Å². The molecule has 3 atom stereocenters. The number of aliphatic carboxylic acids is 1. The molecule has 2 aliphatic heterocycles. The lowest BCUT2D eigenvalue weighted by Crippen LogP contribution is -2.52. The zero-order valence-electron chi connectivity index (χ0n) is 10.2. The highest BCUT2D eigenvalue weighted by Gasteiger charge is 2.37. The average molecular weight is 240 g/mol. The number of likely N-dealkylation sites (tertiary alicyclic amines) is 1. The zero-order chi connectivity index (χ0) is 12.4. The molecule has 2 saturated heterocycles. The largest absolute Gasteiger partial charge is 0.480 e. The van der Waals surface area contributed by atoms with E-state index in [2.05, 4.69) is 12.2 Å². The molecule has 1 amide bonds. The molecule has 0 aromatic carbocycles. The second-order valence-corrected chi connectivity index (χ2v) is 5.16. The smallest absolute Gasteiger partial charge is 0.326 e. The molecule has 3 unspecified atom stereocenters. The van der Waals surface area contributed by atoms with Crippen molar-refractivity contribution in [1.29, 1.82) is 0 Å². The first-order valence-corrected chi connectivity index (χ1v) is 6.36. The van der Waals surface area contributed by atoms with E-state index in [1.54, 1.807) is 0 Å². The van der Waals surface area contributed by atoms with E-state index in [4.69, 9.17) is 5.11 Å². The van der Waals surface area contributed by atoms with Crippen molar-refractivity contribution in [2.75, 3.05) is 13.1 Å². The fourth-order valence-corrected chi connectivity index (χ4v) is 2.78. The summed E-state index contributed by atoms with van der Waals surface area (Å²) in [6, 6.07) is -0.791. The van der Waals surface area contributed by atoms with Gasteiger partial charge < -0.3 is 15.3 Å². The van der Waals surface area contributed by atoms with Gasteiger partial charge in [-0.15, -0.1) is 0 Å². The standard InChI is InChI=1S/C12H20N2O3/c1-8-4-5-13-9(7-8)11(15)14-6-2-3-10(14)12(16)17/h8-10,13H,2-7H2,1H3,(H,16,17). The molecule has 96 valence electrons. The van der Waals surface area contributed by atoms with E-state index in [-0.39, 0.29) is 11.9 Å². The second-order valence-electron chi connectivity index (χ2n) is 5.16. The Morgan fingerprint density at radius 2 is 2.12 bits per heavy atom. The summed E-state index contributed by atoms with van der Waals surface area (Å²) >= 11 is 0. The highest BCUT2D eigenvalue weighted by Crippen LogP contribution is 2.22. The van der Waals surface area contributed by atoms with Crippen molar-refractivity contribution in [3.8, 4) is 0 Å². The van der Waals surface area contributed by atoms with Gasteiger partial charge in [0.1, 0.15) is 6.04 Å². The second kappa shape index (κ2) is 5.04. The van der Waals surface area contributed by atoms with Crippen LogP contribution in [0.25, 0.3) is 0 Å². The topological polar surface area (TPSA) is 69.6 Å². The number of nitrogens with one attached hydrogen (secondary N) is 1. The molecular formula is C12H20N2O3. The lowest BCUT2D eigenvalue weighted by molar-refractivity contribution is -0.149. The summed E-state index contributed by atoms with van der Waals surface area (Å²) in [6.07, 6.45) is 3.29. The first-order chi connectivity index (χ1) is 8.09. The minimum Gasteiger partial charge on any atom is -0.480 e. The quantitative estimate of drug-likeness (QED) is 0.735. The molecule has 0 bridgehead atoms. The van der Waals surface area contributed by atoms with Crippen LogP contribution in [0.3, 0.4) is 0 Å². The van der Waals surface area contributed by atoms with E-state index in [0.717, 1.165) is 25.8 Å². The molecule has 5 heteroatoms. The molecule has 2 aliphatic rings. The van der Waals surface area contributed by atoms with E-state index in [1.165, 1.54) is 4.90 Å². The van der Waals surface area contributed by atoms with Gasteiger partial charge in [0.25, 0.3) is 0 Å². The van der Waals surface area contributed by atoms with Crippen molar-refractivity contribution in [2.45, 2.75) is 44.7 Å². The van der Waals surface area contributed by atoms with Gasteiger partial charge in [-0.25, -0.2) is 4.79 Å². The first-order valence-electron chi connectivity index (χ1n) is 6.36. The predicted octanol–water partition coefficient (Wildman–Crippen LogP) is 0.450. The van der Waals surface area contributed by atoms with Crippen molar-refractivity contribution in [3.63, 3.8) is 0 Å². The third-order valence-electron chi connectivity index (χ3n) is 3.78. The fourth-order valence-electron chi connectivity index (χ4n) is 2.78. The highest BCUT2D eigenvalue weighted by molar-refractivity contribution is 5.87. The van der Waals surface area contributed by atoms with Crippen LogP contribution in [0, 0.1) is 5.92 Å². The van der Waals surface area contributed by atoms with E-state index in [9.17, 15) is 9.59 Å². The summed E-state index contributed by atoms with van der Waals surface area (Å²) in [5.41, 5.74) is 0. The van der Waals surface area contributed by atoms with Crippen LogP contribution in [-0.2, 0) is 9.59 Å².